The number of amides is 1. The van der Waals surface area contributed by atoms with Crippen molar-refractivity contribution in [2.75, 3.05) is 16.6 Å². The Labute approximate surface area is 197 Å². The molecule has 0 saturated carbocycles. The highest BCUT2D eigenvalue weighted by Gasteiger charge is 2.16. The summed E-state index contributed by atoms with van der Waals surface area (Å²) in [4.78, 5) is 12.5. The van der Waals surface area contributed by atoms with E-state index in [-0.39, 0.29) is 17.4 Å². The van der Waals surface area contributed by atoms with Crippen LogP contribution in [0.25, 0.3) is 0 Å². The fraction of sp³-hybridized carbons (Fsp3) is 0.208. The first-order valence-corrected chi connectivity index (χ1v) is 12.2. The summed E-state index contributed by atoms with van der Waals surface area (Å²) in [5, 5.41) is 2.87. The van der Waals surface area contributed by atoms with Gasteiger partial charge in [-0.2, -0.15) is 0 Å². The topological polar surface area (TPSA) is 84.5 Å². The average Bonchev–Trinajstić information content (AvgIpc) is 2.71. The van der Waals surface area contributed by atoms with Crippen molar-refractivity contribution in [1.29, 1.82) is 0 Å². The van der Waals surface area contributed by atoms with Crippen LogP contribution in [0.15, 0.2) is 64.0 Å². The number of carbonyl (C=O) groups is 1. The molecule has 0 heterocycles. The molecule has 0 aliphatic heterocycles. The van der Waals surface area contributed by atoms with Gasteiger partial charge in [-0.1, -0.05) is 33.6 Å². The van der Waals surface area contributed by atoms with Gasteiger partial charge in [0.1, 0.15) is 5.75 Å². The van der Waals surface area contributed by atoms with E-state index in [1.807, 2.05) is 45.0 Å². The summed E-state index contributed by atoms with van der Waals surface area (Å²) in [6, 6.07) is 15.5. The highest BCUT2D eigenvalue weighted by Crippen LogP contribution is 2.26. The number of nitrogens with one attached hydrogen (secondary N) is 2. The first-order valence-electron chi connectivity index (χ1n) is 9.95. The molecule has 0 unspecified atom stereocenters. The maximum Gasteiger partial charge on any atom is 0.262 e. The summed E-state index contributed by atoms with van der Waals surface area (Å²) in [5.74, 6) is 0.148. The Morgan fingerprint density at radius 2 is 1.53 bits per heavy atom. The van der Waals surface area contributed by atoms with Gasteiger partial charge in [-0.05, 0) is 86.8 Å². The van der Waals surface area contributed by atoms with E-state index in [0.717, 1.165) is 26.9 Å². The molecule has 0 aromatic heterocycles. The summed E-state index contributed by atoms with van der Waals surface area (Å²) in [5.41, 5.74) is 4.78. The Hall–Kier alpha value is -2.84. The number of sulfonamides is 1. The van der Waals surface area contributed by atoms with Crippen molar-refractivity contribution < 1.29 is 17.9 Å². The maximum atomic E-state index is 12.7. The van der Waals surface area contributed by atoms with Crippen LogP contribution in [-0.2, 0) is 14.8 Å². The van der Waals surface area contributed by atoms with E-state index in [1.54, 1.807) is 25.1 Å². The number of halogens is 1. The van der Waals surface area contributed by atoms with E-state index in [2.05, 4.69) is 26.0 Å². The van der Waals surface area contributed by atoms with Gasteiger partial charge >= 0.3 is 0 Å². The lowest BCUT2D eigenvalue weighted by molar-refractivity contribution is -0.118. The minimum Gasteiger partial charge on any atom is -0.483 e. The third-order valence-electron chi connectivity index (χ3n) is 4.88. The molecule has 0 saturated heterocycles. The Morgan fingerprint density at radius 1 is 0.906 bits per heavy atom. The Bertz CT molecular complexity index is 1230. The van der Waals surface area contributed by atoms with Crippen LogP contribution < -0.4 is 14.8 Å². The number of hydrogen-bond acceptors (Lipinski definition) is 4. The monoisotopic (exact) mass is 516 g/mol. The molecule has 0 aliphatic rings. The second-order valence-electron chi connectivity index (χ2n) is 7.65. The van der Waals surface area contributed by atoms with Crippen molar-refractivity contribution in [3.05, 3.63) is 81.3 Å². The van der Waals surface area contributed by atoms with E-state index in [4.69, 9.17) is 4.74 Å². The quantitative estimate of drug-likeness (QED) is 0.434. The predicted molar refractivity (Wildman–Crippen MR) is 131 cm³/mol. The number of benzene rings is 3. The van der Waals surface area contributed by atoms with Crippen LogP contribution in [-0.4, -0.2) is 20.9 Å². The van der Waals surface area contributed by atoms with Gasteiger partial charge in [0.2, 0.25) is 0 Å². The fourth-order valence-corrected chi connectivity index (χ4v) is 5.04. The zero-order chi connectivity index (χ0) is 23.5. The number of hydrogen-bond donors (Lipinski definition) is 2. The molecule has 6 nitrogen and oxygen atoms in total. The van der Waals surface area contributed by atoms with Crippen molar-refractivity contribution in [1.82, 2.24) is 0 Å². The highest BCUT2D eigenvalue weighted by atomic mass is 79.9. The first kappa shape index (κ1) is 23.8. The second-order valence-corrected chi connectivity index (χ2v) is 10.2. The largest absolute Gasteiger partial charge is 0.483 e. The number of aryl methyl sites for hydroxylation is 4. The summed E-state index contributed by atoms with van der Waals surface area (Å²) < 4.78 is 34.5. The molecule has 3 aromatic rings. The standard InChI is InChI=1S/C24H25BrN2O4S/c1-15-5-7-20(8-6-15)27-32(29,30)21-9-10-22(16(2)13-21)31-14-23(28)26-24-17(3)11-19(25)12-18(24)4/h5-13,27H,14H2,1-4H3,(H,26,28). The van der Waals surface area contributed by atoms with Gasteiger partial charge in [-0.15, -0.1) is 0 Å². The van der Waals surface area contributed by atoms with Crippen molar-refractivity contribution in [3.63, 3.8) is 0 Å². The zero-order valence-corrected chi connectivity index (χ0v) is 20.7. The molecule has 32 heavy (non-hydrogen) atoms. The van der Waals surface area contributed by atoms with E-state index in [9.17, 15) is 13.2 Å². The molecule has 0 fully saturated rings. The van der Waals surface area contributed by atoms with Crippen LogP contribution in [0.1, 0.15) is 22.3 Å². The minimum absolute atomic E-state index is 0.119. The van der Waals surface area contributed by atoms with E-state index in [0.29, 0.717) is 17.0 Å². The van der Waals surface area contributed by atoms with Gasteiger partial charge in [0, 0.05) is 15.8 Å². The van der Waals surface area contributed by atoms with Crippen LogP contribution in [0.4, 0.5) is 11.4 Å². The molecule has 168 valence electrons. The van der Waals surface area contributed by atoms with Gasteiger partial charge < -0.3 is 10.1 Å². The van der Waals surface area contributed by atoms with E-state index < -0.39 is 10.0 Å². The molecule has 3 rings (SSSR count). The molecule has 2 N–H and O–H groups in total. The molecule has 0 aliphatic carbocycles. The normalized spacial score (nSPS) is 11.2. The molecule has 0 atom stereocenters. The number of rotatable bonds is 7. The van der Waals surface area contributed by atoms with Gasteiger partial charge in [0.15, 0.2) is 6.61 Å². The van der Waals surface area contributed by atoms with Crippen LogP contribution >= 0.6 is 15.9 Å². The fourth-order valence-electron chi connectivity index (χ4n) is 3.21. The van der Waals surface area contributed by atoms with Crippen molar-refractivity contribution in [3.8, 4) is 5.75 Å². The first-order chi connectivity index (χ1) is 15.0. The third-order valence-corrected chi connectivity index (χ3v) is 6.72. The molecule has 1 amide bonds. The summed E-state index contributed by atoms with van der Waals surface area (Å²) in [7, 11) is -3.74. The number of carbonyl (C=O) groups excluding carboxylic acids is 1. The SMILES string of the molecule is Cc1ccc(NS(=O)(=O)c2ccc(OCC(=O)Nc3c(C)cc(Br)cc3C)c(C)c2)cc1. The second kappa shape index (κ2) is 9.75. The number of anilines is 2. The van der Waals surface area contributed by atoms with Gasteiger partial charge in [0.25, 0.3) is 15.9 Å². The number of ether oxygens (including phenoxy) is 1. The van der Waals surface area contributed by atoms with Gasteiger partial charge in [-0.3, -0.25) is 9.52 Å². The Kier molecular flexibility index (Phi) is 7.26. The predicted octanol–water partition coefficient (Wildman–Crippen LogP) is 5.50. The molecular weight excluding hydrogens is 492 g/mol. The third kappa shape index (κ3) is 5.89. The minimum atomic E-state index is -3.74. The van der Waals surface area contributed by atoms with Crippen LogP contribution in [0.2, 0.25) is 0 Å². The van der Waals surface area contributed by atoms with Crippen molar-refractivity contribution in [2.24, 2.45) is 0 Å². The summed E-state index contributed by atoms with van der Waals surface area (Å²) in [6.45, 7) is 7.32. The molecule has 3 aromatic carbocycles. The Morgan fingerprint density at radius 3 is 2.12 bits per heavy atom. The zero-order valence-electron chi connectivity index (χ0n) is 18.3. The van der Waals surface area contributed by atoms with E-state index in [1.165, 1.54) is 12.1 Å². The van der Waals surface area contributed by atoms with Crippen LogP contribution in [0, 0.1) is 27.7 Å². The molecule has 8 heteroatoms. The van der Waals surface area contributed by atoms with Crippen molar-refractivity contribution in [2.45, 2.75) is 32.6 Å². The maximum absolute atomic E-state index is 12.7. The summed E-state index contributed by atoms with van der Waals surface area (Å²) in [6.07, 6.45) is 0. The molecule has 0 radical (unpaired) electrons. The van der Waals surface area contributed by atoms with Crippen LogP contribution in [0.3, 0.4) is 0 Å². The molecule has 0 spiro atoms. The van der Waals surface area contributed by atoms with E-state index >= 15 is 0 Å². The smallest absolute Gasteiger partial charge is 0.262 e. The lowest BCUT2D eigenvalue weighted by Gasteiger charge is -2.14. The lowest BCUT2D eigenvalue weighted by atomic mass is 10.1. The average molecular weight is 517 g/mol. The molecule has 0 bridgehead atoms. The van der Waals surface area contributed by atoms with Crippen LogP contribution in [0.5, 0.6) is 5.75 Å². The van der Waals surface area contributed by atoms with Crippen molar-refractivity contribution >= 4 is 43.2 Å². The van der Waals surface area contributed by atoms with Gasteiger partial charge in [-0.25, -0.2) is 8.42 Å². The highest BCUT2D eigenvalue weighted by molar-refractivity contribution is 9.10. The molecular formula is C24H25BrN2O4S. The summed E-state index contributed by atoms with van der Waals surface area (Å²) >= 11 is 3.44. The lowest BCUT2D eigenvalue weighted by Crippen LogP contribution is -2.21. The Balaban J connectivity index is 1.66. The van der Waals surface area contributed by atoms with Gasteiger partial charge in [0.05, 0.1) is 4.90 Å².